The first kappa shape index (κ1) is 95.1. The molecule has 0 heterocycles. The summed E-state index contributed by atoms with van der Waals surface area (Å²) in [6, 6.07) is 0. The molecule has 0 saturated carbocycles. The molecule has 17 nitrogen and oxygen atoms in total. The van der Waals surface area contributed by atoms with Crippen LogP contribution in [-0.4, -0.2) is 96.7 Å². The summed E-state index contributed by atoms with van der Waals surface area (Å²) in [5.41, 5.74) is 0. The highest BCUT2D eigenvalue weighted by molar-refractivity contribution is 7.47. The molecule has 0 aromatic carbocycles. The number of carbonyl (C=O) groups is 4. The Morgan fingerprint density at radius 3 is 0.732 bits per heavy atom. The predicted octanol–water partition coefficient (Wildman–Crippen LogP) is 22.8. The zero-order chi connectivity index (χ0) is 71.7. The van der Waals surface area contributed by atoms with Crippen LogP contribution in [0, 0.1) is 23.7 Å². The van der Waals surface area contributed by atoms with Gasteiger partial charge in [-0.05, 0) is 49.4 Å². The second-order valence-corrected chi connectivity index (χ2v) is 32.7. The molecular weight excluding hydrogens is 1270 g/mol. The first-order chi connectivity index (χ1) is 46.6. The fourth-order valence-electron chi connectivity index (χ4n) is 11.9. The number of carbonyl (C=O) groups excluding carboxylic acids is 4. The summed E-state index contributed by atoms with van der Waals surface area (Å²) in [4.78, 5) is 72.8. The lowest BCUT2D eigenvalue weighted by atomic mass is 10.00. The van der Waals surface area contributed by atoms with Gasteiger partial charge in [0.05, 0.1) is 26.4 Å². The van der Waals surface area contributed by atoms with E-state index < -0.39 is 97.5 Å². The van der Waals surface area contributed by atoms with Crippen LogP contribution in [0.15, 0.2) is 0 Å². The molecule has 0 aromatic rings. The van der Waals surface area contributed by atoms with Gasteiger partial charge in [-0.1, -0.05) is 344 Å². The van der Waals surface area contributed by atoms with Crippen molar-refractivity contribution in [1.29, 1.82) is 0 Å². The topological polar surface area (TPSA) is 237 Å². The minimum absolute atomic E-state index is 0.102. The van der Waals surface area contributed by atoms with Gasteiger partial charge in [-0.25, -0.2) is 9.13 Å². The molecule has 576 valence electrons. The molecule has 0 radical (unpaired) electrons. The number of hydrogen-bond acceptors (Lipinski definition) is 15. The van der Waals surface area contributed by atoms with Gasteiger partial charge in [-0.3, -0.25) is 37.3 Å². The fraction of sp³-hybridized carbons (Fsp3) is 0.949. The van der Waals surface area contributed by atoms with Crippen LogP contribution < -0.4 is 0 Å². The summed E-state index contributed by atoms with van der Waals surface area (Å²) in [5.74, 6) is 0.894. The van der Waals surface area contributed by atoms with Crippen LogP contribution in [0.1, 0.15) is 396 Å². The van der Waals surface area contributed by atoms with Gasteiger partial charge in [0.2, 0.25) is 0 Å². The van der Waals surface area contributed by atoms with E-state index in [-0.39, 0.29) is 25.7 Å². The van der Waals surface area contributed by atoms with Crippen LogP contribution in [0.5, 0.6) is 0 Å². The predicted molar refractivity (Wildman–Crippen MR) is 395 cm³/mol. The lowest BCUT2D eigenvalue weighted by Gasteiger charge is -2.21. The highest BCUT2D eigenvalue weighted by Gasteiger charge is 2.30. The van der Waals surface area contributed by atoms with Crippen molar-refractivity contribution >= 4 is 39.5 Å². The Hall–Kier alpha value is -1.94. The molecule has 97 heavy (non-hydrogen) atoms. The van der Waals surface area contributed by atoms with Gasteiger partial charge >= 0.3 is 39.5 Å². The van der Waals surface area contributed by atoms with Crippen LogP contribution in [-0.2, 0) is 65.4 Å². The smallest absolute Gasteiger partial charge is 0.462 e. The zero-order valence-electron chi connectivity index (χ0n) is 63.7. The van der Waals surface area contributed by atoms with E-state index in [1.54, 1.807) is 0 Å². The summed E-state index contributed by atoms with van der Waals surface area (Å²) >= 11 is 0. The highest BCUT2D eigenvalue weighted by Crippen LogP contribution is 2.45. The van der Waals surface area contributed by atoms with Crippen LogP contribution in [0.25, 0.3) is 0 Å². The summed E-state index contributed by atoms with van der Waals surface area (Å²) < 4.78 is 68.5. The van der Waals surface area contributed by atoms with Gasteiger partial charge < -0.3 is 33.8 Å². The summed E-state index contributed by atoms with van der Waals surface area (Å²) in [6.07, 6.45) is 53.1. The van der Waals surface area contributed by atoms with Gasteiger partial charge in [0.15, 0.2) is 12.2 Å². The lowest BCUT2D eigenvalue weighted by molar-refractivity contribution is -0.161. The van der Waals surface area contributed by atoms with Crippen molar-refractivity contribution in [2.45, 2.75) is 414 Å². The first-order valence-corrected chi connectivity index (χ1v) is 43.2. The molecule has 0 aliphatic carbocycles. The van der Waals surface area contributed by atoms with Gasteiger partial charge in [0, 0.05) is 25.7 Å². The SMILES string of the molecule is CCC(C)CCCCCCCCC(=O)O[C@H](COC(=O)CCCCCCCCC(C)C)COP(=O)(O)OC[C@H](O)COP(=O)(O)OC[C@@H](COC(=O)CCCCCCCCCCCCCCCCCCCCC(C)C)OC(=O)CCCCCCCCCCCCCCCCC(C)C. The molecule has 0 aromatic heterocycles. The van der Waals surface area contributed by atoms with Gasteiger partial charge in [-0.15, -0.1) is 0 Å². The molecule has 0 fully saturated rings. The molecule has 3 unspecified atom stereocenters. The van der Waals surface area contributed by atoms with Crippen LogP contribution in [0.3, 0.4) is 0 Å². The number of phosphoric acid groups is 2. The number of aliphatic hydroxyl groups excluding tert-OH is 1. The number of unbranched alkanes of at least 4 members (excludes halogenated alkanes) is 40. The van der Waals surface area contributed by atoms with Gasteiger partial charge in [-0.2, -0.15) is 0 Å². The maximum atomic E-state index is 13.1. The summed E-state index contributed by atoms with van der Waals surface area (Å²) in [5, 5.41) is 10.6. The minimum Gasteiger partial charge on any atom is -0.462 e. The largest absolute Gasteiger partial charge is 0.472 e. The fourth-order valence-corrected chi connectivity index (χ4v) is 13.5. The summed E-state index contributed by atoms with van der Waals surface area (Å²) in [7, 11) is -9.91. The standard InChI is InChI=1S/C78H152O17P2/c1-9-71(8)57-49-41-35-37-45-53-61-78(83)95-74(65-89-76(81)59-51-43-36-34-40-48-56-70(6)7)67-93-97(86,87)91-63-72(79)62-90-96(84,85)92-66-73(94-77(82)60-52-44-33-29-25-21-17-16-19-23-27-31-39-47-55-69(4)5)64-88-75(80)58-50-42-32-28-24-20-15-13-11-10-12-14-18-22-26-30-38-46-54-68(2)3/h68-74,79H,9-67H2,1-8H3,(H,84,85)(H,86,87)/t71?,72-,73-,74-/m1/s1. The average Bonchev–Trinajstić information content (AvgIpc) is 1.24. The second-order valence-electron chi connectivity index (χ2n) is 29.8. The first-order valence-electron chi connectivity index (χ1n) is 40.2. The number of aliphatic hydroxyl groups is 1. The Morgan fingerprint density at radius 2 is 0.495 bits per heavy atom. The molecule has 0 aliphatic rings. The van der Waals surface area contributed by atoms with E-state index in [1.807, 2.05) is 0 Å². The number of rotatable bonds is 75. The molecule has 0 aliphatic heterocycles. The Morgan fingerprint density at radius 1 is 0.289 bits per heavy atom. The van der Waals surface area contributed by atoms with Crippen molar-refractivity contribution in [3.63, 3.8) is 0 Å². The second kappa shape index (κ2) is 67.2. The van der Waals surface area contributed by atoms with Gasteiger partial charge in [0.1, 0.15) is 19.3 Å². The normalized spacial score (nSPS) is 14.4. The number of ether oxygens (including phenoxy) is 4. The van der Waals surface area contributed by atoms with E-state index in [2.05, 4.69) is 55.4 Å². The molecule has 0 rings (SSSR count). The number of phosphoric ester groups is 2. The quantitative estimate of drug-likeness (QED) is 0.0222. The lowest BCUT2D eigenvalue weighted by Crippen LogP contribution is -2.30. The molecule has 3 N–H and O–H groups in total. The average molecular weight is 1420 g/mol. The van der Waals surface area contributed by atoms with Crippen molar-refractivity contribution in [3.05, 3.63) is 0 Å². The monoisotopic (exact) mass is 1420 g/mol. The van der Waals surface area contributed by atoms with E-state index in [1.165, 1.54) is 193 Å². The van der Waals surface area contributed by atoms with Crippen LogP contribution in [0.4, 0.5) is 0 Å². The maximum Gasteiger partial charge on any atom is 0.472 e. The molecule has 19 heteroatoms. The number of esters is 4. The Labute approximate surface area is 594 Å². The molecule has 6 atom stereocenters. The van der Waals surface area contributed by atoms with E-state index in [0.717, 1.165) is 114 Å². The molecule has 0 spiro atoms. The third-order valence-corrected chi connectivity index (χ3v) is 20.3. The third-order valence-electron chi connectivity index (χ3n) is 18.4. The Kier molecular flexibility index (Phi) is 65.9. The van der Waals surface area contributed by atoms with Crippen molar-refractivity contribution in [2.24, 2.45) is 23.7 Å². The van der Waals surface area contributed by atoms with Crippen molar-refractivity contribution in [3.8, 4) is 0 Å². The summed E-state index contributed by atoms with van der Waals surface area (Å²) in [6.45, 7) is 14.1. The number of hydrogen-bond donors (Lipinski definition) is 3. The van der Waals surface area contributed by atoms with Crippen LogP contribution in [0.2, 0.25) is 0 Å². The van der Waals surface area contributed by atoms with Crippen LogP contribution >= 0.6 is 15.6 Å². The molecule has 0 amide bonds. The molecule has 0 saturated heterocycles. The van der Waals surface area contributed by atoms with E-state index >= 15 is 0 Å². The Bertz CT molecular complexity index is 1900. The van der Waals surface area contributed by atoms with Gasteiger partial charge in [0.25, 0.3) is 0 Å². The Balaban J connectivity index is 5.18. The van der Waals surface area contributed by atoms with E-state index in [9.17, 15) is 43.2 Å². The van der Waals surface area contributed by atoms with E-state index in [0.29, 0.717) is 31.6 Å². The minimum atomic E-state index is -4.96. The van der Waals surface area contributed by atoms with Crippen molar-refractivity contribution < 1.29 is 80.2 Å². The highest BCUT2D eigenvalue weighted by atomic mass is 31.2. The maximum absolute atomic E-state index is 13.1. The van der Waals surface area contributed by atoms with Crippen molar-refractivity contribution in [1.82, 2.24) is 0 Å². The van der Waals surface area contributed by atoms with Crippen molar-refractivity contribution in [2.75, 3.05) is 39.6 Å². The molecule has 0 bridgehead atoms. The zero-order valence-corrected chi connectivity index (χ0v) is 65.5. The van der Waals surface area contributed by atoms with E-state index in [4.69, 9.17) is 37.0 Å². The molecular formula is C78H152O17P2. The third kappa shape index (κ3) is 70.9.